The second kappa shape index (κ2) is 8.04. The van der Waals surface area contributed by atoms with Crippen molar-refractivity contribution in [2.75, 3.05) is 0 Å². The van der Waals surface area contributed by atoms with Gasteiger partial charge in [0.2, 0.25) is 5.91 Å². The molecule has 0 aliphatic heterocycles. The highest BCUT2D eigenvalue weighted by Crippen LogP contribution is 2.13. The number of carbonyl (C=O) groups is 2. The van der Waals surface area contributed by atoms with Crippen LogP contribution in [0.5, 0.6) is 0 Å². The fourth-order valence-electron chi connectivity index (χ4n) is 1.91. The Hall–Kier alpha value is -1.36. The summed E-state index contributed by atoms with van der Waals surface area (Å²) in [5.74, 6) is -0.978. The summed E-state index contributed by atoms with van der Waals surface area (Å²) >= 11 is 3.38. The van der Waals surface area contributed by atoms with Crippen LogP contribution in [-0.4, -0.2) is 23.0 Å². The van der Waals surface area contributed by atoms with Crippen LogP contribution in [0, 0.1) is 5.92 Å². The molecule has 5 heteroatoms. The summed E-state index contributed by atoms with van der Waals surface area (Å²) < 4.78 is 0.971. The standard InChI is InChI=1S/C15H20BrNO3/c1-10(2)8-13(15(19)20)17-14(18)7-6-11-4-3-5-12(16)9-11/h3-5,9-10,13H,6-8H2,1-2H3,(H,17,18)(H,19,20)/t13-/m0/s1. The molecule has 1 amide bonds. The Morgan fingerprint density at radius 1 is 1.35 bits per heavy atom. The van der Waals surface area contributed by atoms with Crippen LogP contribution in [0.15, 0.2) is 28.7 Å². The monoisotopic (exact) mass is 341 g/mol. The number of halogens is 1. The van der Waals surface area contributed by atoms with Crippen LogP contribution >= 0.6 is 15.9 Å². The van der Waals surface area contributed by atoms with Crippen molar-refractivity contribution in [1.82, 2.24) is 5.32 Å². The average Bonchev–Trinajstić information content (AvgIpc) is 2.35. The van der Waals surface area contributed by atoms with Crippen LogP contribution in [-0.2, 0) is 16.0 Å². The molecule has 0 saturated carbocycles. The lowest BCUT2D eigenvalue weighted by molar-refractivity contribution is -0.142. The van der Waals surface area contributed by atoms with Crippen LogP contribution in [0.3, 0.4) is 0 Å². The van der Waals surface area contributed by atoms with Gasteiger partial charge in [-0.3, -0.25) is 4.79 Å². The molecule has 4 nitrogen and oxygen atoms in total. The third-order valence-corrected chi connectivity index (χ3v) is 3.36. The molecule has 110 valence electrons. The van der Waals surface area contributed by atoms with Gasteiger partial charge in [-0.05, 0) is 36.5 Å². The second-order valence-electron chi connectivity index (χ2n) is 5.22. The van der Waals surface area contributed by atoms with Gasteiger partial charge in [0.05, 0.1) is 0 Å². The van der Waals surface area contributed by atoms with Crippen LogP contribution in [0.2, 0.25) is 0 Å². The van der Waals surface area contributed by atoms with E-state index in [1.165, 1.54) is 0 Å². The van der Waals surface area contributed by atoms with Crippen molar-refractivity contribution in [3.63, 3.8) is 0 Å². The number of carboxylic acid groups (broad SMARTS) is 1. The molecule has 1 aromatic carbocycles. The van der Waals surface area contributed by atoms with Crippen molar-refractivity contribution in [3.8, 4) is 0 Å². The van der Waals surface area contributed by atoms with E-state index in [-0.39, 0.29) is 11.8 Å². The van der Waals surface area contributed by atoms with E-state index in [9.17, 15) is 9.59 Å². The molecule has 0 saturated heterocycles. The lowest BCUT2D eigenvalue weighted by Crippen LogP contribution is -2.41. The maximum atomic E-state index is 11.8. The highest BCUT2D eigenvalue weighted by atomic mass is 79.9. The number of carboxylic acids is 1. The molecular formula is C15H20BrNO3. The zero-order valence-corrected chi connectivity index (χ0v) is 13.3. The number of amides is 1. The summed E-state index contributed by atoms with van der Waals surface area (Å²) in [7, 11) is 0. The van der Waals surface area contributed by atoms with Crippen LogP contribution in [0.25, 0.3) is 0 Å². The Morgan fingerprint density at radius 2 is 2.05 bits per heavy atom. The third kappa shape index (κ3) is 6.19. The van der Waals surface area contributed by atoms with Crippen molar-refractivity contribution in [3.05, 3.63) is 34.3 Å². The summed E-state index contributed by atoms with van der Waals surface area (Å²) in [6.45, 7) is 3.87. The number of rotatable bonds is 7. The molecule has 0 unspecified atom stereocenters. The van der Waals surface area contributed by atoms with Crippen molar-refractivity contribution in [2.45, 2.75) is 39.2 Å². The molecule has 1 atom stereocenters. The number of nitrogens with one attached hydrogen (secondary N) is 1. The average molecular weight is 342 g/mol. The number of hydrogen-bond donors (Lipinski definition) is 2. The van der Waals surface area contributed by atoms with Crippen molar-refractivity contribution >= 4 is 27.8 Å². The lowest BCUT2D eigenvalue weighted by Gasteiger charge is -2.16. The first-order valence-electron chi connectivity index (χ1n) is 6.65. The van der Waals surface area contributed by atoms with Gasteiger partial charge >= 0.3 is 5.97 Å². The minimum atomic E-state index is -0.977. The van der Waals surface area contributed by atoms with Gasteiger partial charge in [0, 0.05) is 10.9 Å². The summed E-state index contributed by atoms with van der Waals surface area (Å²) in [6, 6.07) is 6.93. The molecule has 0 radical (unpaired) electrons. The molecule has 20 heavy (non-hydrogen) atoms. The molecule has 1 rings (SSSR count). The normalized spacial score (nSPS) is 12.2. The van der Waals surface area contributed by atoms with Crippen LogP contribution < -0.4 is 5.32 Å². The fraction of sp³-hybridized carbons (Fsp3) is 0.467. The lowest BCUT2D eigenvalue weighted by atomic mass is 10.0. The Morgan fingerprint density at radius 3 is 2.60 bits per heavy atom. The summed E-state index contributed by atoms with van der Waals surface area (Å²) in [5, 5.41) is 11.7. The number of aryl methyl sites for hydroxylation is 1. The maximum absolute atomic E-state index is 11.8. The van der Waals surface area contributed by atoms with E-state index in [1.807, 2.05) is 38.1 Å². The molecule has 0 aliphatic rings. The zero-order valence-electron chi connectivity index (χ0n) is 11.7. The first kappa shape index (κ1) is 16.7. The maximum Gasteiger partial charge on any atom is 0.326 e. The molecule has 0 bridgehead atoms. The predicted molar refractivity (Wildman–Crippen MR) is 81.5 cm³/mol. The van der Waals surface area contributed by atoms with Crippen molar-refractivity contribution < 1.29 is 14.7 Å². The van der Waals surface area contributed by atoms with Gasteiger partial charge in [0.15, 0.2) is 0 Å². The van der Waals surface area contributed by atoms with Crippen molar-refractivity contribution in [1.29, 1.82) is 0 Å². The molecule has 0 heterocycles. The van der Waals surface area contributed by atoms with Crippen molar-refractivity contribution in [2.24, 2.45) is 5.92 Å². The van der Waals surface area contributed by atoms with E-state index in [4.69, 9.17) is 5.11 Å². The van der Waals surface area contributed by atoms with Gasteiger partial charge < -0.3 is 10.4 Å². The molecule has 0 aliphatic carbocycles. The van der Waals surface area contributed by atoms with Crippen LogP contribution in [0.1, 0.15) is 32.3 Å². The summed E-state index contributed by atoms with van der Waals surface area (Å²) in [4.78, 5) is 22.9. The van der Waals surface area contributed by atoms with Gasteiger partial charge in [0.1, 0.15) is 6.04 Å². The summed E-state index contributed by atoms with van der Waals surface area (Å²) in [5.41, 5.74) is 1.05. The van der Waals surface area contributed by atoms with E-state index in [0.717, 1.165) is 10.0 Å². The highest BCUT2D eigenvalue weighted by molar-refractivity contribution is 9.10. The molecule has 2 N–H and O–H groups in total. The second-order valence-corrected chi connectivity index (χ2v) is 6.13. The molecular weight excluding hydrogens is 322 g/mol. The Labute approximate surface area is 127 Å². The topological polar surface area (TPSA) is 66.4 Å². The Balaban J connectivity index is 2.47. The smallest absolute Gasteiger partial charge is 0.326 e. The highest BCUT2D eigenvalue weighted by Gasteiger charge is 2.20. The SMILES string of the molecule is CC(C)C[C@H](NC(=O)CCc1cccc(Br)c1)C(=O)O. The van der Waals surface area contributed by atoms with E-state index < -0.39 is 12.0 Å². The third-order valence-electron chi connectivity index (χ3n) is 2.87. The van der Waals surface area contributed by atoms with E-state index in [0.29, 0.717) is 19.3 Å². The fourth-order valence-corrected chi connectivity index (χ4v) is 2.36. The zero-order chi connectivity index (χ0) is 15.1. The first-order valence-corrected chi connectivity index (χ1v) is 7.44. The van der Waals surface area contributed by atoms with E-state index >= 15 is 0 Å². The van der Waals surface area contributed by atoms with Gasteiger partial charge in [-0.2, -0.15) is 0 Å². The van der Waals surface area contributed by atoms with Crippen LogP contribution in [0.4, 0.5) is 0 Å². The molecule has 0 fully saturated rings. The number of carbonyl (C=O) groups excluding carboxylic acids is 1. The number of benzene rings is 1. The Bertz CT molecular complexity index is 474. The largest absolute Gasteiger partial charge is 0.480 e. The summed E-state index contributed by atoms with van der Waals surface area (Å²) in [6.07, 6.45) is 1.33. The minimum absolute atomic E-state index is 0.224. The van der Waals surface area contributed by atoms with Gasteiger partial charge in [-0.1, -0.05) is 41.9 Å². The quantitative estimate of drug-likeness (QED) is 0.801. The number of aliphatic carboxylic acids is 1. The number of hydrogen-bond acceptors (Lipinski definition) is 2. The van der Waals surface area contributed by atoms with Gasteiger partial charge in [-0.15, -0.1) is 0 Å². The Kier molecular flexibility index (Phi) is 6.71. The van der Waals surface area contributed by atoms with Gasteiger partial charge in [0.25, 0.3) is 0 Å². The molecule has 0 aromatic heterocycles. The predicted octanol–water partition coefficient (Wildman–Crippen LogP) is 3.00. The van der Waals surface area contributed by atoms with Gasteiger partial charge in [-0.25, -0.2) is 4.79 Å². The minimum Gasteiger partial charge on any atom is -0.480 e. The molecule has 1 aromatic rings. The first-order chi connectivity index (χ1) is 9.38. The van der Waals surface area contributed by atoms with E-state index in [1.54, 1.807) is 0 Å². The molecule has 0 spiro atoms. The van der Waals surface area contributed by atoms with E-state index in [2.05, 4.69) is 21.2 Å².